The third-order valence-electron chi connectivity index (χ3n) is 3.86. The van der Waals surface area contributed by atoms with Gasteiger partial charge in [-0.1, -0.05) is 6.07 Å². The van der Waals surface area contributed by atoms with Crippen molar-refractivity contribution in [2.75, 3.05) is 25.4 Å². The highest BCUT2D eigenvalue weighted by atomic mass is 32.2. The van der Waals surface area contributed by atoms with Crippen LogP contribution in [-0.2, 0) is 38.0 Å². The van der Waals surface area contributed by atoms with Crippen LogP contribution in [-0.4, -0.2) is 46.5 Å². The van der Waals surface area contributed by atoms with Gasteiger partial charge < -0.3 is 4.74 Å². The molecule has 1 aromatic carbocycles. The fourth-order valence-electron chi connectivity index (χ4n) is 2.65. The van der Waals surface area contributed by atoms with Crippen molar-refractivity contribution < 1.29 is 21.6 Å². The molecule has 0 atom stereocenters. The highest BCUT2D eigenvalue weighted by Crippen LogP contribution is 2.23. The summed E-state index contributed by atoms with van der Waals surface area (Å²) in [5.41, 5.74) is 1.88. The minimum atomic E-state index is -3.64. The molecular weight excluding hydrogens is 328 g/mol. The van der Waals surface area contributed by atoms with E-state index >= 15 is 0 Å². The van der Waals surface area contributed by atoms with E-state index in [4.69, 9.17) is 4.74 Å². The molecule has 0 aromatic heterocycles. The third-order valence-corrected chi connectivity index (χ3v) is 7.27. The van der Waals surface area contributed by atoms with Gasteiger partial charge in [-0.25, -0.2) is 25.9 Å². The largest absolute Gasteiger partial charge is 0.372 e. The average Bonchev–Trinajstić information content (AvgIpc) is 3.04. The lowest BCUT2D eigenvalue weighted by atomic mass is 10.1. The minimum Gasteiger partial charge on any atom is -0.372 e. The fraction of sp³-hybridized carbons (Fsp3) is 0.538. The molecule has 2 heterocycles. The third kappa shape index (κ3) is 3.18. The maximum atomic E-state index is 12.2. The molecule has 0 unspecified atom stereocenters. The highest BCUT2D eigenvalue weighted by molar-refractivity contribution is 7.89. The van der Waals surface area contributed by atoms with Crippen LogP contribution in [0.15, 0.2) is 23.1 Å². The number of ether oxygens (including phenoxy) is 1. The molecular formula is C13H18N2O5S2. The van der Waals surface area contributed by atoms with Gasteiger partial charge in [0.05, 0.1) is 23.9 Å². The van der Waals surface area contributed by atoms with Crippen molar-refractivity contribution in [2.45, 2.75) is 24.5 Å². The average molecular weight is 346 g/mol. The van der Waals surface area contributed by atoms with Gasteiger partial charge in [-0.2, -0.15) is 0 Å². The fourth-order valence-corrected chi connectivity index (χ4v) is 5.25. The molecule has 2 aliphatic heterocycles. The zero-order valence-corrected chi connectivity index (χ0v) is 13.6. The number of benzene rings is 1. The first-order valence-electron chi connectivity index (χ1n) is 7.05. The van der Waals surface area contributed by atoms with Gasteiger partial charge in [-0.05, 0) is 29.7 Å². The lowest BCUT2D eigenvalue weighted by Crippen LogP contribution is -2.35. The lowest BCUT2D eigenvalue weighted by Gasteiger charge is -2.14. The van der Waals surface area contributed by atoms with Gasteiger partial charge in [-0.15, -0.1) is 0 Å². The van der Waals surface area contributed by atoms with Gasteiger partial charge in [0.1, 0.15) is 0 Å². The second kappa shape index (κ2) is 5.89. The van der Waals surface area contributed by atoms with Crippen LogP contribution in [0.2, 0.25) is 0 Å². The summed E-state index contributed by atoms with van der Waals surface area (Å²) < 4.78 is 56.8. The van der Waals surface area contributed by atoms with Crippen molar-refractivity contribution >= 4 is 20.0 Å². The van der Waals surface area contributed by atoms with Crippen LogP contribution in [0, 0.1) is 0 Å². The van der Waals surface area contributed by atoms with Crippen LogP contribution >= 0.6 is 0 Å². The molecule has 0 bridgehead atoms. The van der Waals surface area contributed by atoms with Crippen LogP contribution in [0.5, 0.6) is 0 Å². The molecule has 122 valence electrons. The Morgan fingerprint density at radius 2 is 2.00 bits per heavy atom. The Hall–Kier alpha value is -1.00. The number of hydrogen-bond donors (Lipinski definition) is 1. The molecule has 1 saturated heterocycles. The van der Waals surface area contributed by atoms with Crippen LogP contribution < -0.4 is 4.72 Å². The van der Waals surface area contributed by atoms with Gasteiger partial charge in [-0.3, -0.25) is 0 Å². The van der Waals surface area contributed by atoms with Gasteiger partial charge in [0.2, 0.25) is 20.0 Å². The Bertz CT molecular complexity index is 774. The van der Waals surface area contributed by atoms with E-state index in [1.54, 1.807) is 18.2 Å². The van der Waals surface area contributed by atoms with Gasteiger partial charge in [0.15, 0.2) is 0 Å². The van der Waals surface area contributed by atoms with E-state index in [2.05, 4.69) is 4.72 Å². The maximum Gasteiger partial charge on any atom is 0.240 e. The molecule has 1 fully saturated rings. The Kier molecular flexibility index (Phi) is 4.25. The molecule has 0 amide bonds. The zero-order chi connectivity index (χ0) is 15.8. The maximum absolute atomic E-state index is 12.2. The molecule has 0 spiro atoms. The second-order valence-corrected chi connectivity index (χ2v) is 9.25. The monoisotopic (exact) mass is 346 g/mol. The molecule has 9 heteroatoms. The number of nitrogens with one attached hydrogen (secondary N) is 1. The Labute approximate surface area is 130 Å². The summed E-state index contributed by atoms with van der Waals surface area (Å²) >= 11 is 0. The molecule has 1 N–H and O–H groups in total. The van der Waals surface area contributed by atoms with Crippen LogP contribution in [0.1, 0.15) is 17.5 Å². The summed E-state index contributed by atoms with van der Waals surface area (Å²) in [6.45, 7) is 1.62. The molecule has 0 radical (unpaired) electrons. The van der Waals surface area contributed by atoms with Crippen molar-refractivity contribution in [1.29, 1.82) is 0 Å². The van der Waals surface area contributed by atoms with Crippen molar-refractivity contribution in [1.82, 2.24) is 9.03 Å². The molecule has 22 heavy (non-hydrogen) atoms. The quantitative estimate of drug-likeness (QED) is 0.812. The summed E-state index contributed by atoms with van der Waals surface area (Å²) in [5.74, 6) is 0.143. The highest BCUT2D eigenvalue weighted by Gasteiger charge is 2.28. The standard InChI is InChI=1S/C13H18N2O5S2/c16-21(17)7-1-5-15(21)6-4-14-22(18,19)13-3-2-11-9-20-10-12(11)8-13/h2-3,8,14H,1,4-7,9-10H2. The van der Waals surface area contributed by atoms with Crippen molar-refractivity contribution in [2.24, 2.45) is 0 Å². The number of hydrogen-bond acceptors (Lipinski definition) is 5. The normalized spacial score (nSPS) is 21.1. The molecule has 0 aliphatic carbocycles. The topological polar surface area (TPSA) is 92.8 Å². The lowest BCUT2D eigenvalue weighted by molar-refractivity contribution is 0.134. The van der Waals surface area contributed by atoms with Crippen LogP contribution in [0.4, 0.5) is 0 Å². The van der Waals surface area contributed by atoms with E-state index in [-0.39, 0.29) is 23.7 Å². The van der Waals surface area contributed by atoms with E-state index in [1.807, 2.05) is 0 Å². The summed E-state index contributed by atoms with van der Waals surface area (Å²) in [6.07, 6.45) is 0.597. The molecule has 2 aliphatic rings. The van der Waals surface area contributed by atoms with Gasteiger partial charge >= 0.3 is 0 Å². The second-order valence-electron chi connectivity index (χ2n) is 5.39. The minimum absolute atomic E-state index is 0.0646. The number of fused-ring (bicyclic) bond motifs is 1. The summed E-state index contributed by atoms with van der Waals surface area (Å²) in [4.78, 5) is 0.182. The zero-order valence-electron chi connectivity index (χ0n) is 12.0. The smallest absolute Gasteiger partial charge is 0.240 e. The Balaban J connectivity index is 1.64. The number of nitrogens with zero attached hydrogens (tertiary/aromatic N) is 1. The SMILES string of the molecule is O=S(=O)(NCCN1CCCS1(=O)=O)c1ccc2c(c1)COC2. The van der Waals surface area contributed by atoms with E-state index in [0.29, 0.717) is 26.2 Å². The Morgan fingerprint density at radius 3 is 2.73 bits per heavy atom. The first-order chi connectivity index (χ1) is 10.4. The first kappa shape index (κ1) is 15.9. The predicted molar refractivity (Wildman–Crippen MR) is 80.1 cm³/mol. The number of sulfonamides is 2. The first-order valence-corrected chi connectivity index (χ1v) is 10.1. The van der Waals surface area contributed by atoms with Gasteiger partial charge in [0, 0.05) is 19.6 Å². The molecule has 7 nitrogen and oxygen atoms in total. The van der Waals surface area contributed by atoms with Crippen LogP contribution in [0.25, 0.3) is 0 Å². The van der Waals surface area contributed by atoms with E-state index in [9.17, 15) is 16.8 Å². The van der Waals surface area contributed by atoms with E-state index in [0.717, 1.165) is 11.1 Å². The summed E-state index contributed by atoms with van der Waals surface area (Å²) in [6, 6.07) is 4.90. The van der Waals surface area contributed by atoms with Gasteiger partial charge in [0.25, 0.3) is 0 Å². The molecule has 3 rings (SSSR count). The predicted octanol–water partition coefficient (Wildman–Crippen LogP) is 0.0306. The summed E-state index contributed by atoms with van der Waals surface area (Å²) in [7, 11) is -6.83. The molecule has 1 aromatic rings. The van der Waals surface area contributed by atoms with E-state index in [1.165, 1.54) is 4.31 Å². The van der Waals surface area contributed by atoms with Crippen molar-refractivity contribution in [3.8, 4) is 0 Å². The summed E-state index contributed by atoms with van der Waals surface area (Å²) in [5, 5.41) is 0. The van der Waals surface area contributed by atoms with Crippen molar-refractivity contribution in [3.05, 3.63) is 29.3 Å². The van der Waals surface area contributed by atoms with E-state index < -0.39 is 20.0 Å². The van der Waals surface area contributed by atoms with Crippen LogP contribution in [0.3, 0.4) is 0 Å². The van der Waals surface area contributed by atoms with Crippen molar-refractivity contribution in [3.63, 3.8) is 0 Å². The number of rotatable bonds is 5. The molecule has 0 saturated carbocycles. The Morgan fingerprint density at radius 1 is 1.23 bits per heavy atom.